The quantitative estimate of drug-likeness (QED) is 0.745. The second-order valence-electron chi connectivity index (χ2n) is 7.72. The van der Waals surface area contributed by atoms with Crippen LogP contribution in [0.1, 0.15) is 62.8 Å². The van der Waals surface area contributed by atoms with E-state index in [-0.39, 0.29) is 18.0 Å². The molecule has 2 aliphatic carbocycles. The summed E-state index contributed by atoms with van der Waals surface area (Å²) < 4.78 is 26.3. The zero-order chi connectivity index (χ0) is 19.4. The predicted octanol–water partition coefficient (Wildman–Crippen LogP) is 3.36. The fourth-order valence-electron chi connectivity index (χ4n) is 4.43. The Morgan fingerprint density at radius 2 is 1.81 bits per heavy atom. The van der Waals surface area contributed by atoms with Crippen molar-refractivity contribution in [3.8, 4) is 0 Å². The molecule has 9 heteroatoms. The predicted molar refractivity (Wildman–Crippen MR) is 109 cm³/mol. The van der Waals surface area contributed by atoms with Crippen molar-refractivity contribution in [2.45, 2.75) is 82.3 Å². The topological polar surface area (TPSA) is 79.4 Å². The van der Waals surface area contributed by atoms with Crippen molar-refractivity contribution >= 4 is 38.9 Å². The lowest BCUT2D eigenvalue weighted by atomic mass is 9.86. The first-order valence-corrected chi connectivity index (χ1v) is 12.8. The first kappa shape index (κ1) is 21.0. The van der Waals surface area contributed by atoms with Gasteiger partial charge in [0.25, 0.3) is 0 Å². The number of hydrogen-bond acceptors (Lipinski definition) is 5. The van der Waals surface area contributed by atoms with Gasteiger partial charge in [-0.2, -0.15) is 0 Å². The average molecular weight is 434 g/mol. The second-order valence-corrected chi connectivity index (χ2v) is 11.2. The van der Waals surface area contributed by atoms with Crippen molar-refractivity contribution in [2.75, 3.05) is 6.26 Å². The number of sulfonamides is 1. The molecule has 1 amide bonds. The fraction of sp³-hybridized carbons (Fsp3) is 0.778. The maximum Gasteiger partial charge on any atom is 0.229 e. The molecular formula is C18H28ClN3O3S2. The van der Waals surface area contributed by atoms with Gasteiger partial charge in [-0.15, -0.1) is 11.3 Å². The molecule has 0 unspecified atom stereocenters. The Bertz CT molecular complexity index is 739. The first-order chi connectivity index (χ1) is 12.8. The number of hydrogen-bond donors (Lipinski definition) is 1. The van der Waals surface area contributed by atoms with Gasteiger partial charge in [-0.25, -0.2) is 18.1 Å². The summed E-state index contributed by atoms with van der Waals surface area (Å²) in [6.07, 6.45) is 12.0. The van der Waals surface area contributed by atoms with Crippen molar-refractivity contribution in [3.05, 3.63) is 15.5 Å². The highest BCUT2D eigenvalue weighted by Gasteiger charge is 2.34. The molecule has 0 saturated heterocycles. The SMILES string of the molecule is CS(=O)(=O)NC1CCC(N(C(=O)Cc2ncc(Cl)s2)C2CCCCC2)CC1. The number of nitrogens with zero attached hydrogens (tertiary/aromatic N) is 2. The molecule has 1 heterocycles. The van der Waals surface area contributed by atoms with Gasteiger partial charge in [0.1, 0.15) is 9.34 Å². The molecule has 1 aromatic heterocycles. The highest BCUT2D eigenvalue weighted by molar-refractivity contribution is 7.88. The van der Waals surface area contributed by atoms with E-state index in [1.165, 1.54) is 36.9 Å². The van der Waals surface area contributed by atoms with Crippen LogP contribution in [0, 0.1) is 0 Å². The number of halogens is 1. The van der Waals surface area contributed by atoms with Crippen LogP contribution in [0.4, 0.5) is 0 Å². The maximum absolute atomic E-state index is 13.2. The molecule has 3 rings (SSSR count). The lowest BCUT2D eigenvalue weighted by Gasteiger charge is -2.43. The van der Waals surface area contributed by atoms with Gasteiger partial charge in [-0.05, 0) is 38.5 Å². The highest BCUT2D eigenvalue weighted by atomic mass is 35.5. The van der Waals surface area contributed by atoms with E-state index in [2.05, 4.69) is 14.6 Å². The standard InChI is InChI=1S/C18H28ClN3O3S2/c1-27(24,25)21-13-7-9-15(10-8-13)22(14-5-3-2-4-6-14)18(23)11-17-20-12-16(19)26-17/h12-15,21H,2-11H2,1H3. The number of amides is 1. The van der Waals surface area contributed by atoms with Crippen LogP contribution >= 0.6 is 22.9 Å². The van der Waals surface area contributed by atoms with Crippen molar-refractivity contribution in [1.82, 2.24) is 14.6 Å². The van der Waals surface area contributed by atoms with Crippen LogP contribution in [0.15, 0.2) is 6.20 Å². The molecule has 0 spiro atoms. The minimum absolute atomic E-state index is 0.0164. The van der Waals surface area contributed by atoms with E-state index < -0.39 is 10.0 Å². The average Bonchev–Trinajstić information content (AvgIpc) is 3.01. The summed E-state index contributed by atoms with van der Waals surface area (Å²) in [5, 5.41) is 0.762. The van der Waals surface area contributed by atoms with Crippen LogP contribution in [-0.4, -0.2) is 48.6 Å². The summed E-state index contributed by atoms with van der Waals surface area (Å²) in [4.78, 5) is 19.5. The van der Waals surface area contributed by atoms with Crippen LogP contribution in [0.25, 0.3) is 0 Å². The molecule has 6 nitrogen and oxygen atoms in total. The van der Waals surface area contributed by atoms with Gasteiger partial charge in [0.2, 0.25) is 15.9 Å². The molecule has 27 heavy (non-hydrogen) atoms. The van der Waals surface area contributed by atoms with Gasteiger partial charge in [0, 0.05) is 18.1 Å². The Morgan fingerprint density at radius 1 is 1.19 bits per heavy atom. The largest absolute Gasteiger partial charge is 0.336 e. The molecule has 0 aliphatic heterocycles. The molecule has 1 aromatic rings. The third-order valence-corrected chi connectivity index (χ3v) is 7.43. The van der Waals surface area contributed by atoms with Crippen molar-refractivity contribution in [1.29, 1.82) is 0 Å². The summed E-state index contributed by atoms with van der Waals surface area (Å²) in [5.74, 6) is 0.132. The van der Waals surface area contributed by atoms with Crippen molar-refractivity contribution in [2.24, 2.45) is 0 Å². The molecule has 2 saturated carbocycles. The fourth-order valence-corrected chi connectivity index (χ4v) is 6.22. The van der Waals surface area contributed by atoms with Crippen LogP contribution in [0.5, 0.6) is 0 Å². The van der Waals surface area contributed by atoms with E-state index in [4.69, 9.17) is 11.6 Å². The number of rotatable bonds is 6. The summed E-state index contributed by atoms with van der Waals surface area (Å²) in [6.45, 7) is 0. The lowest BCUT2D eigenvalue weighted by Crippen LogP contribution is -2.51. The Hall–Kier alpha value is -0.700. The normalized spacial score (nSPS) is 24.7. The van der Waals surface area contributed by atoms with Gasteiger partial charge in [0.05, 0.1) is 18.9 Å². The number of thiazole rings is 1. The summed E-state index contributed by atoms with van der Waals surface area (Å²) in [6, 6.07) is 0.470. The molecule has 2 fully saturated rings. The molecule has 1 N–H and O–H groups in total. The van der Waals surface area contributed by atoms with E-state index in [1.807, 2.05) is 0 Å². The van der Waals surface area contributed by atoms with Crippen molar-refractivity contribution < 1.29 is 13.2 Å². The monoisotopic (exact) mass is 433 g/mol. The Balaban J connectivity index is 1.67. The second kappa shape index (κ2) is 9.20. The third kappa shape index (κ3) is 6.14. The van der Waals surface area contributed by atoms with Crippen LogP contribution in [0.2, 0.25) is 4.34 Å². The van der Waals surface area contributed by atoms with Gasteiger partial charge < -0.3 is 4.90 Å². The van der Waals surface area contributed by atoms with E-state index in [0.717, 1.165) is 43.5 Å². The molecule has 0 radical (unpaired) electrons. The maximum atomic E-state index is 13.2. The molecular weight excluding hydrogens is 406 g/mol. The Kier molecular flexibility index (Phi) is 7.16. The molecule has 152 valence electrons. The number of aromatic nitrogens is 1. The summed E-state index contributed by atoms with van der Waals surface area (Å²) in [7, 11) is -3.19. The first-order valence-electron chi connectivity index (χ1n) is 9.70. The van der Waals surface area contributed by atoms with Gasteiger partial charge >= 0.3 is 0 Å². The Morgan fingerprint density at radius 3 is 2.37 bits per heavy atom. The zero-order valence-corrected chi connectivity index (χ0v) is 18.1. The summed E-state index contributed by atoms with van der Waals surface area (Å²) in [5.41, 5.74) is 0. The number of carbonyl (C=O) groups excluding carboxylic acids is 1. The van der Waals surface area contributed by atoms with Crippen LogP contribution in [0.3, 0.4) is 0 Å². The minimum atomic E-state index is -3.19. The molecule has 0 bridgehead atoms. The molecule has 0 aromatic carbocycles. The van der Waals surface area contributed by atoms with E-state index in [9.17, 15) is 13.2 Å². The highest BCUT2D eigenvalue weighted by Crippen LogP contribution is 2.31. The lowest BCUT2D eigenvalue weighted by molar-refractivity contribution is -0.137. The Labute approximate surface area is 170 Å². The van der Waals surface area contributed by atoms with Crippen molar-refractivity contribution in [3.63, 3.8) is 0 Å². The molecule has 0 atom stereocenters. The third-order valence-electron chi connectivity index (χ3n) is 5.55. The van der Waals surface area contributed by atoms with Gasteiger partial charge in [-0.3, -0.25) is 4.79 Å². The number of nitrogens with one attached hydrogen (secondary N) is 1. The molecule has 2 aliphatic rings. The van der Waals surface area contributed by atoms with Gasteiger partial charge in [0.15, 0.2) is 0 Å². The van der Waals surface area contributed by atoms with E-state index in [0.29, 0.717) is 16.8 Å². The number of carbonyl (C=O) groups is 1. The van der Waals surface area contributed by atoms with E-state index >= 15 is 0 Å². The minimum Gasteiger partial charge on any atom is -0.336 e. The zero-order valence-electron chi connectivity index (χ0n) is 15.7. The van der Waals surface area contributed by atoms with Gasteiger partial charge in [-0.1, -0.05) is 30.9 Å². The van der Waals surface area contributed by atoms with Crippen LogP contribution < -0.4 is 4.72 Å². The van der Waals surface area contributed by atoms with Crippen LogP contribution in [-0.2, 0) is 21.2 Å². The smallest absolute Gasteiger partial charge is 0.229 e. The summed E-state index contributed by atoms with van der Waals surface area (Å²) >= 11 is 7.33. The van der Waals surface area contributed by atoms with E-state index in [1.54, 1.807) is 6.20 Å².